The lowest BCUT2D eigenvalue weighted by Gasteiger charge is -2.64. The van der Waals surface area contributed by atoms with Gasteiger partial charge >= 0.3 is 11.9 Å². The van der Waals surface area contributed by atoms with E-state index >= 15 is 0 Å². The number of fused-ring (bicyclic) bond motifs is 7. The first-order valence-electron chi connectivity index (χ1n) is 18.7. The fraction of sp³-hybridized carbons (Fsp3) is 0.561. The summed E-state index contributed by atoms with van der Waals surface area (Å²) in [7, 11) is 5.36. The number of piperidine rings is 3. The Kier molecular flexibility index (Phi) is 5.58. The molecule has 0 amide bonds. The minimum absolute atomic E-state index is 0.0520. The van der Waals surface area contributed by atoms with E-state index in [-0.39, 0.29) is 41.4 Å². The van der Waals surface area contributed by atoms with Crippen molar-refractivity contribution in [2.45, 2.75) is 80.3 Å². The third-order valence-corrected chi connectivity index (χ3v) is 15.7. The number of benzene rings is 2. The Hall–Kier alpha value is -3.82. The van der Waals surface area contributed by atoms with Crippen molar-refractivity contribution in [1.82, 2.24) is 9.80 Å². The lowest BCUT2D eigenvalue weighted by atomic mass is 9.54. The topological polar surface area (TPSA) is 74.8 Å². The zero-order valence-electron chi connectivity index (χ0n) is 29.7. The predicted molar refractivity (Wildman–Crippen MR) is 188 cm³/mol. The summed E-state index contributed by atoms with van der Waals surface area (Å²) < 4.78 is 19.1. The second-order valence-electron chi connectivity index (χ2n) is 16.4. The zero-order chi connectivity index (χ0) is 34.1. The molecule has 50 heavy (non-hydrogen) atoms. The van der Waals surface area contributed by atoms with Crippen LogP contribution < -0.4 is 14.5 Å². The van der Waals surface area contributed by atoms with Crippen LogP contribution in [0.15, 0.2) is 59.7 Å². The van der Waals surface area contributed by atoms with Gasteiger partial charge in [0.15, 0.2) is 0 Å². The van der Waals surface area contributed by atoms with Gasteiger partial charge in [-0.2, -0.15) is 0 Å². The van der Waals surface area contributed by atoms with Crippen molar-refractivity contribution in [1.29, 1.82) is 0 Å². The molecule has 10 aliphatic rings. The molecule has 9 nitrogen and oxygen atoms in total. The van der Waals surface area contributed by atoms with E-state index in [1.807, 2.05) is 0 Å². The average molecular weight is 675 g/mol. The van der Waals surface area contributed by atoms with Gasteiger partial charge in [-0.25, -0.2) is 4.79 Å². The standard InChI is InChI=1S/C41H46N4O5/c1-6-23-21-43-16-14-38-27-10-8-9-11-30(27)45-35(37(47)49-5)26(23)18-33(43)41(38,45)50-32-20-28-31(19-29(32)38)42(3)40-13-12-25-24(7-2)22-44(40)17-15-39(28,40)34(25)36(46)48-4/h6-11,19-20,25-26,33-35H,12-18,21-22H2,1-5H3/t25-,26-,33-,34-,35-,38+,39-,40-,41-/m0/s1. The molecule has 1 aliphatic carbocycles. The second kappa shape index (κ2) is 9.34. The molecule has 9 heteroatoms. The number of esters is 2. The molecule has 260 valence electrons. The van der Waals surface area contributed by atoms with Crippen molar-refractivity contribution >= 4 is 23.3 Å². The van der Waals surface area contributed by atoms with Crippen LogP contribution >= 0.6 is 0 Å². The van der Waals surface area contributed by atoms with Gasteiger partial charge in [0.2, 0.25) is 5.72 Å². The number of rotatable bonds is 2. The monoisotopic (exact) mass is 674 g/mol. The van der Waals surface area contributed by atoms with E-state index in [9.17, 15) is 9.59 Å². The molecule has 2 spiro atoms. The van der Waals surface area contributed by atoms with E-state index in [0.717, 1.165) is 69.7 Å². The van der Waals surface area contributed by atoms with Crippen LogP contribution in [0, 0.1) is 17.8 Å². The van der Waals surface area contributed by atoms with Gasteiger partial charge in [-0.05, 0) is 81.2 Å². The van der Waals surface area contributed by atoms with Gasteiger partial charge in [0.05, 0.1) is 31.6 Å². The Labute approximate surface area is 293 Å². The molecule has 6 saturated heterocycles. The first-order valence-corrected chi connectivity index (χ1v) is 18.7. The highest BCUT2D eigenvalue weighted by molar-refractivity contribution is 5.89. The number of para-hydroxylation sites is 1. The number of carbonyl (C=O) groups excluding carboxylic acids is 2. The van der Waals surface area contributed by atoms with Crippen molar-refractivity contribution < 1.29 is 23.8 Å². The minimum Gasteiger partial charge on any atom is -0.469 e. The molecule has 1 unspecified atom stereocenters. The SMILES string of the molecule is CC=C1CN2CC[C@@]34c5cc6c(cc5O[C@@]35[C@@H]2C[C@@H]1[C@@H](C(=O)OC)N5c1ccccc14)[C@]12CCN3CC(=CC)[C@H](CC[C@]31N6C)[C@H]2C(=O)OC. The molecule has 2 aromatic carbocycles. The highest BCUT2D eigenvalue weighted by atomic mass is 16.5. The fourth-order valence-corrected chi connectivity index (χ4v) is 14.1. The summed E-state index contributed by atoms with van der Waals surface area (Å²) in [6.07, 6.45) is 9.12. The van der Waals surface area contributed by atoms with Crippen molar-refractivity contribution in [3.63, 3.8) is 0 Å². The van der Waals surface area contributed by atoms with Gasteiger partial charge < -0.3 is 24.0 Å². The first kappa shape index (κ1) is 29.9. The molecule has 0 N–H and O–H groups in total. The Morgan fingerprint density at radius 2 is 1.66 bits per heavy atom. The maximum Gasteiger partial charge on any atom is 0.329 e. The predicted octanol–water partition coefficient (Wildman–Crippen LogP) is 4.73. The summed E-state index contributed by atoms with van der Waals surface area (Å²) in [5, 5.41) is 0. The van der Waals surface area contributed by atoms with Crippen LogP contribution in [0.5, 0.6) is 5.75 Å². The lowest BCUT2D eigenvalue weighted by Crippen LogP contribution is -2.81. The van der Waals surface area contributed by atoms with Gasteiger partial charge in [-0.1, -0.05) is 41.5 Å². The first-order chi connectivity index (χ1) is 24.3. The molecule has 10 atom stereocenters. The van der Waals surface area contributed by atoms with E-state index in [4.69, 9.17) is 14.2 Å². The molecule has 9 heterocycles. The van der Waals surface area contributed by atoms with E-state index in [1.54, 1.807) is 7.11 Å². The van der Waals surface area contributed by atoms with Gasteiger partial charge in [0, 0.05) is 61.5 Å². The Bertz CT molecular complexity index is 1990. The van der Waals surface area contributed by atoms with E-state index in [1.165, 1.54) is 40.6 Å². The van der Waals surface area contributed by atoms with Crippen molar-refractivity contribution in [2.75, 3.05) is 57.2 Å². The lowest BCUT2D eigenvalue weighted by molar-refractivity contribution is -0.156. The number of ether oxygens (including phenoxy) is 3. The number of hydrogen-bond donors (Lipinski definition) is 0. The number of carbonyl (C=O) groups is 2. The van der Waals surface area contributed by atoms with Gasteiger partial charge in [0.1, 0.15) is 17.5 Å². The average Bonchev–Trinajstić information content (AvgIpc) is 3.72. The van der Waals surface area contributed by atoms with E-state index in [0.29, 0.717) is 0 Å². The highest BCUT2D eigenvalue weighted by Crippen LogP contribution is 2.74. The summed E-state index contributed by atoms with van der Waals surface area (Å²) in [6, 6.07) is 13.2. The van der Waals surface area contributed by atoms with Crippen LogP contribution in [0.25, 0.3) is 0 Å². The normalized spacial score (nSPS) is 43.5. The van der Waals surface area contributed by atoms with Gasteiger partial charge in [-0.15, -0.1) is 0 Å². The number of nitrogens with zero attached hydrogens (tertiary/aromatic N) is 4. The van der Waals surface area contributed by atoms with Crippen molar-refractivity contribution in [3.05, 3.63) is 76.4 Å². The second-order valence-corrected chi connectivity index (χ2v) is 16.4. The summed E-state index contributed by atoms with van der Waals surface area (Å²) >= 11 is 0. The van der Waals surface area contributed by atoms with Crippen molar-refractivity contribution in [2.24, 2.45) is 17.8 Å². The van der Waals surface area contributed by atoms with Crippen LogP contribution in [0.1, 0.15) is 62.6 Å². The number of anilines is 2. The van der Waals surface area contributed by atoms with Gasteiger partial charge in [-0.3, -0.25) is 14.6 Å². The van der Waals surface area contributed by atoms with Gasteiger partial charge in [0.25, 0.3) is 0 Å². The van der Waals surface area contributed by atoms with Crippen LogP contribution in [0.3, 0.4) is 0 Å². The highest BCUT2D eigenvalue weighted by Gasteiger charge is 2.81. The zero-order valence-corrected chi connectivity index (χ0v) is 29.7. The molecule has 2 aromatic rings. The molecule has 0 radical (unpaired) electrons. The third-order valence-electron chi connectivity index (χ3n) is 15.7. The smallest absolute Gasteiger partial charge is 0.329 e. The van der Waals surface area contributed by atoms with E-state index in [2.05, 4.69) is 89.0 Å². The number of allylic oxidation sites excluding steroid dienone is 2. The van der Waals surface area contributed by atoms with Crippen LogP contribution in [0.2, 0.25) is 0 Å². The molecule has 7 fully saturated rings. The molecule has 9 aliphatic heterocycles. The quantitative estimate of drug-likeness (QED) is 0.332. The van der Waals surface area contributed by atoms with E-state index < -0.39 is 22.6 Å². The van der Waals surface area contributed by atoms with Crippen LogP contribution in [0.4, 0.5) is 11.4 Å². The number of hydrogen-bond acceptors (Lipinski definition) is 9. The number of methoxy groups -OCH3 is 2. The Morgan fingerprint density at radius 3 is 2.44 bits per heavy atom. The fourth-order valence-electron chi connectivity index (χ4n) is 14.1. The van der Waals surface area contributed by atoms with Crippen LogP contribution in [-0.2, 0) is 29.9 Å². The largest absolute Gasteiger partial charge is 0.469 e. The molecule has 1 saturated carbocycles. The summed E-state index contributed by atoms with van der Waals surface area (Å²) in [6.45, 7) is 7.88. The maximum absolute atomic E-state index is 14.2. The Morgan fingerprint density at radius 1 is 0.880 bits per heavy atom. The minimum atomic E-state index is -0.793. The molecule has 12 rings (SSSR count). The molecule has 6 bridgehead atoms. The maximum atomic E-state index is 14.2. The number of likely N-dealkylation sites (N-methyl/N-ethyl adjacent to an activating group) is 1. The van der Waals surface area contributed by atoms with Crippen molar-refractivity contribution in [3.8, 4) is 5.75 Å². The third kappa shape index (κ3) is 2.78. The molecule has 0 aromatic heterocycles. The summed E-state index contributed by atoms with van der Waals surface area (Å²) in [5.41, 5.74) is 6.74. The summed E-state index contributed by atoms with van der Waals surface area (Å²) in [4.78, 5) is 38.4. The van der Waals surface area contributed by atoms with Crippen LogP contribution in [-0.4, -0.2) is 92.7 Å². The molecular formula is C41H46N4O5. The Balaban J connectivity index is 1.18. The summed E-state index contributed by atoms with van der Waals surface area (Å²) in [5.74, 6) is 0.562. The molecular weight excluding hydrogens is 628 g/mol.